The Morgan fingerprint density at radius 1 is 1.43 bits per heavy atom. The summed E-state index contributed by atoms with van der Waals surface area (Å²) < 4.78 is 5.62. The molecule has 21 heavy (non-hydrogen) atoms. The smallest absolute Gasteiger partial charge is 0.224 e. The van der Waals surface area contributed by atoms with E-state index in [1.165, 1.54) is 0 Å². The van der Waals surface area contributed by atoms with Crippen LogP contribution in [0, 0.1) is 5.92 Å². The van der Waals surface area contributed by atoms with Gasteiger partial charge >= 0.3 is 0 Å². The van der Waals surface area contributed by atoms with E-state index in [1.807, 2.05) is 6.92 Å². The van der Waals surface area contributed by atoms with E-state index in [9.17, 15) is 4.79 Å². The summed E-state index contributed by atoms with van der Waals surface area (Å²) in [4.78, 5) is 12.0. The Bertz CT molecular complexity index is 452. The average Bonchev–Trinajstić information content (AvgIpc) is 2.45. The normalized spacial score (nSPS) is 12.0. The number of rotatable bonds is 9. The third kappa shape index (κ3) is 6.82. The van der Waals surface area contributed by atoms with E-state index in [0.29, 0.717) is 41.9 Å². The van der Waals surface area contributed by atoms with Crippen molar-refractivity contribution in [1.82, 2.24) is 0 Å². The summed E-state index contributed by atoms with van der Waals surface area (Å²) in [7, 11) is 0. The molecule has 0 aromatic heterocycles. The predicted octanol–water partition coefficient (Wildman–Crippen LogP) is 3.83. The molecule has 0 heterocycles. The molecule has 0 fully saturated rings. The maximum Gasteiger partial charge on any atom is 0.224 e. The van der Waals surface area contributed by atoms with Gasteiger partial charge in [-0.2, -0.15) is 0 Å². The third-order valence-electron chi connectivity index (χ3n) is 3.20. The zero-order valence-corrected chi connectivity index (χ0v) is 13.6. The summed E-state index contributed by atoms with van der Waals surface area (Å²) in [6, 6.07) is 5.25. The lowest BCUT2D eigenvalue weighted by Crippen LogP contribution is -2.15. The van der Waals surface area contributed by atoms with Gasteiger partial charge in [-0.15, -0.1) is 0 Å². The highest BCUT2D eigenvalue weighted by Crippen LogP contribution is 2.28. The van der Waals surface area contributed by atoms with E-state index in [1.54, 1.807) is 18.2 Å². The Labute approximate surface area is 132 Å². The van der Waals surface area contributed by atoms with Crippen LogP contribution in [0.5, 0.6) is 5.75 Å². The Morgan fingerprint density at radius 2 is 2.19 bits per heavy atom. The summed E-state index contributed by atoms with van der Waals surface area (Å²) in [5.41, 5.74) is 6.14. The number of ether oxygens (including phenoxy) is 1. The average molecular weight is 313 g/mol. The number of nitrogens with one attached hydrogen (secondary N) is 1. The third-order valence-corrected chi connectivity index (χ3v) is 3.44. The lowest BCUT2D eigenvalue weighted by molar-refractivity contribution is -0.116. The molecule has 1 aromatic carbocycles. The summed E-state index contributed by atoms with van der Waals surface area (Å²) in [6.45, 7) is 5.41. The van der Waals surface area contributed by atoms with Gasteiger partial charge in [0, 0.05) is 11.4 Å². The van der Waals surface area contributed by atoms with Crippen LogP contribution in [0.1, 0.15) is 39.5 Å². The van der Waals surface area contributed by atoms with Crippen LogP contribution < -0.4 is 15.8 Å². The second-order valence-corrected chi connectivity index (χ2v) is 5.69. The molecule has 0 radical (unpaired) electrons. The van der Waals surface area contributed by atoms with Gasteiger partial charge in [0.25, 0.3) is 0 Å². The van der Waals surface area contributed by atoms with Crippen molar-refractivity contribution in [1.29, 1.82) is 0 Å². The summed E-state index contributed by atoms with van der Waals surface area (Å²) in [5.74, 6) is 1.09. The highest BCUT2D eigenvalue weighted by Gasteiger charge is 2.10. The molecule has 0 saturated heterocycles. The lowest BCUT2D eigenvalue weighted by atomic mass is 10.0. The number of halogens is 1. The van der Waals surface area contributed by atoms with Gasteiger partial charge in [0.15, 0.2) is 0 Å². The van der Waals surface area contributed by atoms with Crippen molar-refractivity contribution in [3.8, 4) is 5.75 Å². The minimum Gasteiger partial charge on any atom is -0.491 e. The number of anilines is 1. The van der Waals surface area contributed by atoms with Crippen LogP contribution >= 0.6 is 11.6 Å². The topological polar surface area (TPSA) is 64.3 Å². The fraction of sp³-hybridized carbons (Fsp3) is 0.562. The highest BCUT2D eigenvalue weighted by atomic mass is 35.5. The number of carbonyl (C=O) groups excluding carboxylic acids is 1. The summed E-state index contributed by atoms with van der Waals surface area (Å²) >= 11 is 5.98. The number of nitrogens with two attached hydrogens (primary N) is 1. The van der Waals surface area contributed by atoms with Crippen LogP contribution in [-0.2, 0) is 4.79 Å². The molecule has 0 bridgehead atoms. The molecule has 0 aliphatic heterocycles. The molecule has 1 atom stereocenters. The monoisotopic (exact) mass is 312 g/mol. The first-order valence-electron chi connectivity index (χ1n) is 7.49. The second-order valence-electron chi connectivity index (χ2n) is 5.26. The Balaban J connectivity index is 2.59. The van der Waals surface area contributed by atoms with E-state index < -0.39 is 0 Å². The van der Waals surface area contributed by atoms with Gasteiger partial charge in [-0.1, -0.05) is 25.4 Å². The zero-order chi connectivity index (χ0) is 15.7. The maximum absolute atomic E-state index is 12.0. The molecule has 1 rings (SSSR count). The van der Waals surface area contributed by atoms with Gasteiger partial charge in [0.2, 0.25) is 5.91 Å². The number of amides is 1. The first-order valence-corrected chi connectivity index (χ1v) is 7.86. The van der Waals surface area contributed by atoms with E-state index in [-0.39, 0.29) is 5.91 Å². The number of carbonyl (C=O) groups is 1. The SMILES string of the molecule is CCCOc1ccc(Cl)cc1NC(=O)CCC(C)CCN. The molecule has 0 aliphatic rings. The zero-order valence-electron chi connectivity index (χ0n) is 12.8. The molecular weight excluding hydrogens is 288 g/mol. The number of hydrogen-bond acceptors (Lipinski definition) is 3. The fourth-order valence-electron chi connectivity index (χ4n) is 1.96. The van der Waals surface area contributed by atoms with Crippen molar-refractivity contribution >= 4 is 23.2 Å². The molecule has 1 unspecified atom stereocenters. The van der Waals surface area contributed by atoms with Gasteiger partial charge in [-0.05, 0) is 49.9 Å². The van der Waals surface area contributed by atoms with E-state index >= 15 is 0 Å². The van der Waals surface area contributed by atoms with Crippen molar-refractivity contribution in [2.24, 2.45) is 11.7 Å². The van der Waals surface area contributed by atoms with Gasteiger partial charge in [0.05, 0.1) is 12.3 Å². The largest absolute Gasteiger partial charge is 0.491 e. The molecule has 3 N–H and O–H groups in total. The Kier molecular flexibility index (Phi) is 8.16. The fourth-order valence-corrected chi connectivity index (χ4v) is 2.13. The number of benzene rings is 1. The first kappa shape index (κ1) is 17.8. The second kappa shape index (κ2) is 9.64. The molecule has 0 saturated carbocycles. The summed E-state index contributed by atoms with van der Waals surface area (Å²) in [6.07, 6.45) is 3.15. The lowest BCUT2D eigenvalue weighted by Gasteiger charge is -2.13. The van der Waals surface area contributed by atoms with Crippen LogP contribution in [-0.4, -0.2) is 19.1 Å². The van der Waals surface area contributed by atoms with Crippen molar-refractivity contribution < 1.29 is 9.53 Å². The van der Waals surface area contributed by atoms with Crippen molar-refractivity contribution in [2.75, 3.05) is 18.5 Å². The van der Waals surface area contributed by atoms with Crippen LogP contribution in [0.2, 0.25) is 5.02 Å². The van der Waals surface area contributed by atoms with Gasteiger partial charge in [-0.25, -0.2) is 0 Å². The standard InChI is InChI=1S/C16H25ClN2O2/c1-3-10-21-15-6-5-13(17)11-14(15)19-16(20)7-4-12(2)8-9-18/h5-6,11-12H,3-4,7-10,18H2,1-2H3,(H,19,20). The quantitative estimate of drug-likeness (QED) is 0.728. The van der Waals surface area contributed by atoms with Crippen LogP contribution in [0.3, 0.4) is 0 Å². The molecular formula is C16H25ClN2O2. The minimum atomic E-state index is -0.0255. The predicted molar refractivity (Wildman–Crippen MR) is 87.9 cm³/mol. The Morgan fingerprint density at radius 3 is 2.86 bits per heavy atom. The van der Waals surface area contributed by atoms with E-state index in [2.05, 4.69) is 12.2 Å². The molecule has 0 spiro atoms. The molecule has 0 aliphatic carbocycles. The van der Waals surface area contributed by atoms with Gasteiger partial charge in [0.1, 0.15) is 5.75 Å². The molecule has 5 heteroatoms. The van der Waals surface area contributed by atoms with Gasteiger partial charge < -0.3 is 15.8 Å². The molecule has 1 aromatic rings. The van der Waals surface area contributed by atoms with Crippen molar-refractivity contribution in [3.05, 3.63) is 23.2 Å². The van der Waals surface area contributed by atoms with Crippen LogP contribution in [0.25, 0.3) is 0 Å². The summed E-state index contributed by atoms with van der Waals surface area (Å²) in [5, 5.41) is 3.45. The molecule has 118 valence electrons. The van der Waals surface area contributed by atoms with Crippen molar-refractivity contribution in [3.63, 3.8) is 0 Å². The van der Waals surface area contributed by atoms with E-state index in [0.717, 1.165) is 19.3 Å². The van der Waals surface area contributed by atoms with Gasteiger partial charge in [-0.3, -0.25) is 4.79 Å². The van der Waals surface area contributed by atoms with E-state index in [4.69, 9.17) is 22.1 Å². The van der Waals surface area contributed by atoms with Crippen molar-refractivity contribution in [2.45, 2.75) is 39.5 Å². The highest BCUT2D eigenvalue weighted by molar-refractivity contribution is 6.31. The number of hydrogen-bond donors (Lipinski definition) is 2. The molecule has 1 amide bonds. The molecule has 4 nitrogen and oxygen atoms in total. The Hall–Kier alpha value is -1.26. The van der Waals surface area contributed by atoms with Crippen LogP contribution in [0.4, 0.5) is 5.69 Å². The maximum atomic E-state index is 12.0. The van der Waals surface area contributed by atoms with Crippen LogP contribution in [0.15, 0.2) is 18.2 Å². The first-order chi connectivity index (χ1) is 10.1. The minimum absolute atomic E-state index is 0.0255.